The molecule has 2 aromatic carbocycles. The average molecular weight is 607 g/mol. The lowest BCUT2D eigenvalue weighted by atomic mass is 9.78. The molecule has 0 radical (unpaired) electrons. The van der Waals surface area contributed by atoms with Gasteiger partial charge in [0.15, 0.2) is 6.61 Å². The minimum Gasteiger partial charge on any atom is -0.483 e. The zero-order valence-electron chi connectivity index (χ0n) is 25.8. The SMILES string of the molecule is O=C(NCc1ccccn1)C1c2ccccc2C(=O)N(CCC2=CCCCC2)C1c1ccccc1OCC(=O)N1CCCCC1. The van der Waals surface area contributed by atoms with Gasteiger partial charge in [-0.2, -0.15) is 0 Å². The number of benzene rings is 2. The van der Waals surface area contributed by atoms with Crippen molar-refractivity contribution in [1.82, 2.24) is 20.1 Å². The van der Waals surface area contributed by atoms with Crippen LogP contribution in [-0.4, -0.2) is 58.7 Å². The van der Waals surface area contributed by atoms with Gasteiger partial charge in [-0.3, -0.25) is 19.4 Å². The fourth-order valence-corrected chi connectivity index (χ4v) is 6.88. The largest absolute Gasteiger partial charge is 0.483 e. The number of hydrogen-bond acceptors (Lipinski definition) is 5. The number of carbonyl (C=O) groups excluding carboxylic acids is 3. The van der Waals surface area contributed by atoms with Crippen molar-refractivity contribution in [2.24, 2.45) is 0 Å². The predicted molar refractivity (Wildman–Crippen MR) is 173 cm³/mol. The number of aromatic nitrogens is 1. The Bertz CT molecular complexity index is 1530. The minimum absolute atomic E-state index is 0.0414. The zero-order chi connectivity index (χ0) is 31.0. The number of nitrogens with one attached hydrogen (secondary N) is 1. The van der Waals surface area contributed by atoms with Crippen LogP contribution in [0.25, 0.3) is 0 Å². The molecule has 2 aliphatic heterocycles. The van der Waals surface area contributed by atoms with Gasteiger partial charge < -0.3 is 19.9 Å². The third-order valence-corrected chi connectivity index (χ3v) is 9.25. The molecule has 2 unspecified atom stereocenters. The summed E-state index contributed by atoms with van der Waals surface area (Å²) in [6.45, 7) is 2.17. The third kappa shape index (κ3) is 7.11. The van der Waals surface area contributed by atoms with E-state index < -0.39 is 12.0 Å². The first-order valence-corrected chi connectivity index (χ1v) is 16.3. The molecular weight excluding hydrogens is 564 g/mol. The summed E-state index contributed by atoms with van der Waals surface area (Å²) in [6, 6.07) is 20.0. The summed E-state index contributed by atoms with van der Waals surface area (Å²) in [5.41, 5.74) is 4.08. The first-order chi connectivity index (χ1) is 22.1. The average Bonchev–Trinajstić information content (AvgIpc) is 3.10. The van der Waals surface area contributed by atoms with Gasteiger partial charge in [-0.25, -0.2) is 0 Å². The van der Waals surface area contributed by atoms with Gasteiger partial charge in [-0.05, 0) is 81.2 Å². The van der Waals surface area contributed by atoms with E-state index >= 15 is 0 Å². The number of nitrogens with zero attached hydrogens (tertiary/aromatic N) is 3. The fourth-order valence-electron chi connectivity index (χ4n) is 6.88. The minimum atomic E-state index is -0.689. The molecule has 0 bridgehead atoms. The van der Waals surface area contributed by atoms with Crippen molar-refractivity contribution in [2.75, 3.05) is 26.2 Å². The Morgan fingerprint density at radius 2 is 1.67 bits per heavy atom. The predicted octanol–water partition coefficient (Wildman–Crippen LogP) is 5.96. The molecule has 3 amide bonds. The second kappa shape index (κ2) is 14.5. The number of likely N-dealkylation sites (tertiary alicyclic amines) is 1. The number of amides is 3. The number of hydrogen-bond donors (Lipinski definition) is 1. The van der Waals surface area contributed by atoms with E-state index in [0.29, 0.717) is 23.4 Å². The molecule has 1 aliphatic carbocycles. The Hall–Kier alpha value is -4.46. The highest BCUT2D eigenvalue weighted by Crippen LogP contribution is 2.46. The number of rotatable bonds is 10. The number of piperidine rings is 1. The lowest BCUT2D eigenvalue weighted by Crippen LogP contribution is -2.48. The van der Waals surface area contributed by atoms with Crippen molar-refractivity contribution < 1.29 is 19.1 Å². The summed E-state index contributed by atoms with van der Waals surface area (Å²) in [5, 5.41) is 3.11. The van der Waals surface area contributed by atoms with Crippen molar-refractivity contribution in [3.05, 3.63) is 107 Å². The topological polar surface area (TPSA) is 91.8 Å². The van der Waals surface area contributed by atoms with Crippen molar-refractivity contribution in [3.63, 3.8) is 0 Å². The Balaban J connectivity index is 1.36. The van der Waals surface area contributed by atoms with E-state index in [2.05, 4.69) is 16.4 Å². The molecule has 8 nitrogen and oxygen atoms in total. The molecule has 2 atom stereocenters. The lowest BCUT2D eigenvalue weighted by molar-refractivity contribution is -0.134. The maximum atomic E-state index is 14.3. The summed E-state index contributed by atoms with van der Waals surface area (Å²) in [5.74, 6) is -0.498. The van der Waals surface area contributed by atoms with Gasteiger partial charge in [0.05, 0.1) is 24.2 Å². The van der Waals surface area contributed by atoms with Crippen LogP contribution in [0.1, 0.15) is 90.5 Å². The number of allylic oxidation sites excluding steroid dienone is 1. The number of pyridine rings is 1. The van der Waals surface area contributed by atoms with Crippen LogP contribution in [0.4, 0.5) is 0 Å². The van der Waals surface area contributed by atoms with Gasteiger partial charge in [0, 0.05) is 37.0 Å². The normalized spacial score (nSPS) is 19.8. The standard InChI is InChI=1S/C37H42N4O4/c42-33(40-22-11-2-12-23-40)26-45-32-19-8-7-18-31(32)35-34(36(43)39-25-28-15-9-10-21-38-28)29-16-5-6-17-30(29)37(44)41(35)24-20-27-13-3-1-4-14-27/h5-10,13,15-19,21,34-35H,1-4,11-12,14,20,22-26H2,(H,39,43). The maximum absolute atomic E-state index is 14.3. The van der Waals surface area contributed by atoms with Crippen LogP contribution in [0.15, 0.2) is 84.6 Å². The van der Waals surface area contributed by atoms with Crippen molar-refractivity contribution >= 4 is 17.7 Å². The van der Waals surface area contributed by atoms with E-state index in [4.69, 9.17) is 4.74 Å². The van der Waals surface area contributed by atoms with E-state index in [0.717, 1.165) is 69.3 Å². The molecule has 45 heavy (non-hydrogen) atoms. The molecular formula is C37H42N4O4. The lowest BCUT2D eigenvalue weighted by Gasteiger charge is -2.42. The molecule has 0 saturated carbocycles. The molecule has 6 rings (SSSR count). The number of carbonyl (C=O) groups is 3. The van der Waals surface area contributed by atoms with Gasteiger partial charge in [-0.15, -0.1) is 0 Å². The molecule has 3 aromatic rings. The number of ether oxygens (including phenoxy) is 1. The van der Waals surface area contributed by atoms with Crippen LogP contribution in [0.2, 0.25) is 0 Å². The van der Waals surface area contributed by atoms with Gasteiger partial charge in [0.2, 0.25) is 5.91 Å². The summed E-state index contributed by atoms with van der Waals surface area (Å²) < 4.78 is 6.25. The first-order valence-electron chi connectivity index (χ1n) is 16.3. The highest BCUT2D eigenvalue weighted by molar-refractivity contribution is 6.01. The Kier molecular flexibility index (Phi) is 9.88. The monoisotopic (exact) mass is 606 g/mol. The molecule has 3 heterocycles. The molecule has 1 N–H and O–H groups in total. The van der Waals surface area contributed by atoms with Crippen LogP contribution >= 0.6 is 0 Å². The van der Waals surface area contributed by atoms with E-state index in [-0.39, 0.29) is 30.9 Å². The van der Waals surface area contributed by atoms with Crippen LogP contribution in [-0.2, 0) is 16.1 Å². The smallest absolute Gasteiger partial charge is 0.260 e. The molecule has 1 fully saturated rings. The van der Waals surface area contributed by atoms with E-state index in [9.17, 15) is 14.4 Å². The summed E-state index contributed by atoms with van der Waals surface area (Å²) in [4.78, 5) is 49.7. The van der Waals surface area contributed by atoms with Gasteiger partial charge in [-0.1, -0.05) is 54.1 Å². The van der Waals surface area contributed by atoms with Crippen molar-refractivity contribution in [1.29, 1.82) is 0 Å². The molecule has 234 valence electrons. The molecule has 8 heteroatoms. The van der Waals surface area contributed by atoms with E-state index in [1.807, 2.05) is 76.5 Å². The Morgan fingerprint density at radius 1 is 0.889 bits per heavy atom. The quantitative estimate of drug-likeness (QED) is 0.288. The highest BCUT2D eigenvalue weighted by atomic mass is 16.5. The second-order valence-corrected chi connectivity index (χ2v) is 12.2. The van der Waals surface area contributed by atoms with Gasteiger partial charge >= 0.3 is 0 Å². The van der Waals surface area contributed by atoms with E-state index in [1.165, 1.54) is 12.0 Å². The van der Waals surface area contributed by atoms with Crippen LogP contribution < -0.4 is 10.1 Å². The first kappa shape index (κ1) is 30.6. The van der Waals surface area contributed by atoms with E-state index in [1.54, 1.807) is 6.20 Å². The van der Waals surface area contributed by atoms with Gasteiger partial charge in [0.1, 0.15) is 5.75 Å². The summed E-state index contributed by atoms with van der Waals surface area (Å²) >= 11 is 0. The molecule has 1 aromatic heterocycles. The zero-order valence-corrected chi connectivity index (χ0v) is 25.8. The Labute approximate surface area is 265 Å². The molecule has 3 aliphatic rings. The van der Waals surface area contributed by atoms with Crippen LogP contribution in [0.5, 0.6) is 5.75 Å². The summed E-state index contributed by atoms with van der Waals surface area (Å²) in [7, 11) is 0. The number of para-hydroxylation sites is 1. The molecule has 1 saturated heterocycles. The maximum Gasteiger partial charge on any atom is 0.260 e. The highest BCUT2D eigenvalue weighted by Gasteiger charge is 2.45. The van der Waals surface area contributed by atoms with Crippen LogP contribution in [0.3, 0.4) is 0 Å². The number of fused-ring (bicyclic) bond motifs is 1. The molecule has 0 spiro atoms. The fraction of sp³-hybridized carbons (Fsp3) is 0.405. The van der Waals surface area contributed by atoms with Gasteiger partial charge in [0.25, 0.3) is 11.8 Å². The second-order valence-electron chi connectivity index (χ2n) is 12.2. The third-order valence-electron chi connectivity index (χ3n) is 9.25. The van der Waals surface area contributed by atoms with Crippen molar-refractivity contribution in [2.45, 2.75) is 69.9 Å². The summed E-state index contributed by atoms with van der Waals surface area (Å²) in [6.07, 6.45) is 12.4. The van der Waals surface area contributed by atoms with Crippen molar-refractivity contribution in [3.8, 4) is 5.75 Å². The van der Waals surface area contributed by atoms with Crippen LogP contribution in [0, 0.1) is 0 Å². The Morgan fingerprint density at radius 3 is 2.44 bits per heavy atom.